The summed E-state index contributed by atoms with van der Waals surface area (Å²) in [7, 11) is 0. The molecule has 2 aromatic heterocycles. The maximum Gasteiger partial charge on any atom is 0.258 e. The molecule has 0 saturated heterocycles. The summed E-state index contributed by atoms with van der Waals surface area (Å²) in [4.78, 5) is 29.0. The third-order valence-corrected chi connectivity index (χ3v) is 4.22. The predicted octanol–water partition coefficient (Wildman–Crippen LogP) is 3.47. The SMILES string of the molecule is Cc1ccc(C)c(Cn2cc(C(=O)Nc3cccc(C)n3)ccc2=O)c1. The third kappa shape index (κ3) is 4.06. The van der Waals surface area contributed by atoms with Crippen molar-refractivity contribution in [1.29, 1.82) is 0 Å². The van der Waals surface area contributed by atoms with Gasteiger partial charge in [0.1, 0.15) is 5.82 Å². The highest BCUT2D eigenvalue weighted by Crippen LogP contribution is 2.12. The maximum atomic E-state index is 12.5. The molecule has 0 spiro atoms. The predicted molar refractivity (Wildman–Crippen MR) is 103 cm³/mol. The highest BCUT2D eigenvalue weighted by molar-refractivity contribution is 6.03. The van der Waals surface area contributed by atoms with E-state index in [2.05, 4.69) is 16.4 Å². The number of hydrogen-bond acceptors (Lipinski definition) is 3. The van der Waals surface area contributed by atoms with Crippen molar-refractivity contribution in [3.8, 4) is 0 Å². The fraction of sp³-hybridized carbons (Fsp3) is 0.190. The number of aryl methyl sites for hydroxylation is 3. The number of rotatable bonds is 4. The van der Waals surface area contributed by atoms with Crippen LogP contribution in [0.15, 0.2) is 59.5 Å². The summed E-state index contributed by atoms with van der Waals surface area (Å²) in [6.45, 7) is 6.32. The summed E-state index contributed by atoms with van der Waals surface area (Å²) in [5.74, 6) is 0.195. The lowest BCUT2D eigenvalue weighted by Crippen LogP contribution is -2.23. The van der Waals surface area contributed by atoms with Crippen LogP contribution in [-0.4, -0.2) is 15.5 Å². The summed E-state index contributed by atoms with van der Waals surface area (Å²) in [5.41, 5.74) is 4.40. The zero-order valence-electron chi connectivity index (χ0n) is 15.1. The zero-order chi connectivity index (χ0) is 18.7. The molecule has 1 N–H and O–H groups in total. The number of anilines is 1. The van der Waals surface area contributed by atoms with E-state index in [9.17, 15) is 9.59 Å². The number of nitrogens with one attached hydrogen (secondary N) is 1. The van der Waals surface area contributed by atoms with E-state index in [1.54, 1.807) is 16.8 Å². The molecular weight excluding hydrogens is 326 g/mol. The van der Waals surface area contributed by atoms with Gasteiger partial charge in [-0.25, -0.2) is 4.98 Å². The second kappa shape index (κ2) is 7.35. The molecule has 2 heterocycles. The highest BCUT2D eigenvalue weighted by atomic mass is 16.2. The van der Waals surface area contributed by atoms with Crippen LogP contribution in [-0.2, 0) is 6.54 Å². The second-order valence-corrected chi connectivity index (χ2v) is 6.43. The monoisotopic (exact) mass is 347 g/mol. The Labute approximate surface area is 152 Å². The number of nitrogens with zero attached hydrogens (tertiary/aromatic N) is 2. The van der Waals surface area contributed by atoms with Crippen molar-refractivity contribution in [3.63, 3.8) is 0 Å². The van der Waals surface area contributed by atoms with Gasteiger partial charge in [0, 0.05) is 18.0 Å². The van der Waals surface area contributed by atoms with E-state index >= 15 is 0 Å². The first kappa shape index (κ1) is 17.6. The number of pyridine rings is 2. The zero-order valence-corrected chi connectivity index (χ0v) is 15.1. The van der Waals surface area contributed by atoms with E-state index in [1.807, 2.05) is 45.0 Å². The Morgan fingerprint density at radius 3 is 2.65 bits per heavy atom. The molecule has 1 aromatic carbocycles. The van der Waals surface area contributed by atoms with Crippen molar-refractivity contribution in [2.75, 3.05) is 5.32 Å². The van der Waals surface area contributed by atoms with Crippen LogP contribution in [0.5, 0.6) is 0 Å². The average molecular weight is 347 g/mol. The molecule has 5 heteroatoms. The number of benzene rings is 1. The van der Waals surface area contributed by atoms with Crippen molar-refractivity contribution in [2.24, 2.45) is 0 Å². The molecule has 132 valence electrons. The van der Waals surface area contributed by atoms with Crippen LogP contribution in [0.3, 0.4) is 0 Å². The molecule has 0 saturated carbocycles. The van der Waals surface area contributed by atoms with Gasteiger partial charge in [-0.05, 0) is 50.1 Å². The van der Waals surface area contributed by atoms with Gasteiger partial charge in [-0.3, -0.25) is 9.59 Å². The van der Waals surface area contributed by atoms with Gasteiger partial charge < -0.3 is 9.88 Å². The van der Waals surface area contributed by atoms with Gasteiger partial charge in [-0.15, -0.1) is 0 Å². The summed E-state index contributed by atoms with van der Waals surface area (Å²) in [6, 6.07) is 14.5. The van der Waals surface area contributed by atoms with Crippen LogP contribution < -0.4 is 10.9 Å². The molecule has 0 atom stereocenters. The van der Waals surface area contributed by atoms with Crippen LogP contribution in [0.1, 0.15) is 32.7 Å². The first-order chi connectivity index (χ1) is 12.4. The quantitative estimate of drug-likeness (QED) is 0.786. The van der Waals surface area contributed by atoms with Crippen LogP contribution in [0.25, 0.3) is 0 Å². The van der Waals surface area contributed by atoms with Crippen LogP contribution in [0, 0.1) is 20.8 Å². The van der Waals surface area contributed by atoms with Gasteiger partial charge >= 0.3 is 0 Å². The lowest BCUT2D eigenvalue weighted by molar-refractivity contribution is 0.102. The van der Waals surface area contributed by atoms with Gasteiger partial charge in [0.15, 0.2) is 0 Å². The fourth-order valence-electron chi connectivity index (χ4n) is 2.74. The Morgan fingerprint density at radius 2 is 1.88 bits per heavy atom. The first-order valence-electron chi connectivity index (χ1n) is 8.44. The van der Waals surface area contributed by atoms with E-state index < -0.39 is 0 Å². The second-order valence-electron chi connectivity index (χ2n) is 6.43. The van der Waals surface area contributed by atoms with Gasteiger partial charge in [-0.2, -0.15) is 0 Å². The van der Waals surface area contributed by atoms with Gasteiger partial charge in [0.2, 0.25) is 0 Å². The van der Waals surface area contributed by atoms with Crippen LogP contribution in [0.4, 0.5) is 5.82 Å². The summed E-state index contributed by atoms with van der Waals surface area (Å²) < 4.78 is 1.56. The average Bonchev–Trinajstić information content (AvgIpc) is 2.60. The molecule has 0 unspecified atom stereocenters. The molecule has 26 heavy (non-hydrogen) atoms. The lowest BCUT2D eigenvalue weighted by Gasteiger charge is -2.11. The van der Waals surface area contributed by atoms with Crippen LogP contribution in [0.2, 0.25) is 0 Å². The standard InChI is InChI=1S/C21H21N3O2/c1-14-7-8-15(2)18(11-14)13-24-12-17(9-10-20(24)25)21(26)23-19-6-4-5-16(3)22-19/h4-12H,13H2,1-3H3,(H,22,23,26). The van der Waals surface area contributed by atoms with Crippen molar-refractivity contribution >= 4 is 11.7 Å². The lowest BCUT2D eigenvalue weighted by atomic mass is 10.1. The molecule has 3 aromatic rings. The normalized spacial score (nSPS) is 10.6. The molecular formula is C21H21N3O2. The Morgan fingerprint density at radius 1 is 1.08 bits per heavy atom. The van der Waals surface area contributed by atoms with Gasteiger partial charge in [-0.1, -0.05) is 29.8 Å². The largest absolute Gasteiger partial charge is 0.310 e. The minimum absolute atomic E-state index is 0.142. The molecule has 0 bridgehead atoms. The van der Waals surface area contributed by atoms with Gasteiger partial charge in [0.05, 0.1) is 12.1 Å². The third-order valence-electron chi connectivity index (χ3n) is 4.22. The van der Waals surface area contributed by atoms with Crippen molar-refractivity contribution in [1.82, 2.24) is 9.55 Å². The molecule has 0 aliphatic rings. The molecule has 0 aliphatic carbocycles. The van der Waals surface area contributed by atoms with E-state index in [0.29, 0.717) is 17.9 Å². The van der Waals surface area contributed by atoms with E-state index in [0.717, 1.165) is 22.4 Å². The number of carbonyl (C=O) groups is 1. The van der Waals surface area contributed by atoms with Crippen LogP contribution >= 0.6 is 0 Å². The van der Waals surface area contributed by atoms with E-state index in [-0.39, 0.29) is 11.5 Å². The Hall–Kier alpha value is -3.21. The molecule has 0 aliphatic heterocycles. The maximum absolute atomic E-state index is 12.5. The van der Waals surface area contributed by atoms with Crippen molar-refractivity contribution < 1.29 is 4.79 Å². The topological polar surface area (TPSA) is 64.0 Å². The first-order valence-corrected chi connectivity index (χ1v) is 8.44. The Kier molecular flexibility index (Phi) is 4.98. The summed E-state index contributed by atoms with van der Waals surface area (Å²) >= 11 is 0. The molecule has 5 nitrogen and oxygen atoms in total. The van der Waals surface area contributed by atoms with E-state index in [1.165, 1.54) is 12.1 Å². The summed E-state index contributed by atoms with van der Waals surface area (Å²) in [6.07, 6.45) is 1.59. The molecule has 0 radical (unpaired) electrons. The number of aromatic nitrogens is 2. The van der Waals surface area contributed by atoms with Crippen molar-refractivity contribution in [2.45, 2.75) is 27.3 Å². The number of amides is 1. The highest BCUT2D eigenvalue weighted by Gasteiger charge is 2.10. The number of hydrogen-bond donors (Lipinski definition) is 1. The summed E-state index contributed by atoms with van der Waals surface area (Å²) in [5, 5.41) is 2.76. The molecule has 0 fully saturated rings. The minimum Gasteiger partial charge on any atom is -0.310 e. The number of carbonyl (C=O) groups excluding carboxylic acids is 1. The van der Waals surface area contributed by atoms with E-state index in [4.69, 9.17) is 0 Å². The fourth-order valence-corrected chi connectivity index (χ4v) is 2.74. The smallest absolute Gasteiger partial charge is 0.258 e. The molecule has 3 rings (SSSR count). The van der Waals surface area contributed by atoms with Crippen molar-refractivity contribution in [3.05, 3.63) is 93.0 Å². The Balaban J connectivity index is 1.86. The molecule has 1 amide bonds. The minimum atomic E-state index is -0.294. The van der Waals surface area contributed by atoms with Gasteiger partial charge in [0.25, 0.3) is 11.5 Å². The Bertz CT molecular complexity index is 1020.